The van der Waals surface area contributed by atoms with Crippen LogP contribution in [0.4, 0.5) is 0 Å². The van der Waals surface area contributed by atoms with E-state index in [2.05, 4.69) is 29.8 Å². The summed E-state index contributed by atoms with van der Waals surface area (Å²) in [5.41, 5.74) is 0. The molecule has 1 saturated heterocycles. The highest BCUT2D eigenvalue weighted by Gasteiger charge is 2.31. The summed E-state index contributed by atoms with van der Waals surface area (Å²) in [7, 11) is 2.18. The lowest BCUT2D eigenvalue weighted by atomic mass is 9.92. The quantitative estimate of drug-likeness (QED) is 0.753. The summed E-state index contributed by atoms with van der Waals surface area (Å²) in [6.07, 6.45) is 8.86. The Bertz CT molecular complexity index is 291. The van der Waals surface area contributed by atoms with Crippen molar-refractivity contribution in [2.45, 2.75) is 70.0 Å². The minimum atomic E-state index is 0.432. The third-order valence-corrected chi connectivity index (χ3v) is 4.88. The first kappa shape index (κ1) is 13.8. The molecule has 2 atom stereocenters. The van der Waals surface area contributed by atoms with Gasteiger partial charge >= 0.3 is 0 Å². The molecule has 1 saturated carbocycles. The normalized spacial score (nSPS) is 32.9. The molecule has 0 aromatic carbocycles. The molecule has 0 amide bonds. The van der Waals surface area contributed by atoms with E-state index in [-0.39, 0.29) is 0 Å². The van der Waals surface area contributed by atoms with E-state index in [0.717, 1.165) is 19.1 Å². The van der Waals surface area contributed by atoms with E-state index in [9.17, 15) is 0 Å². The van der Waals surface area contributed by atoms with Gasteiger partial charge in [-0.25, -0.2) is 0 Å². The molecule has 2 fully saturated rings. The monoisotopic (exact) mass is 249 g/mol. The van der Waals surface area contributed by atoms with E-state index < -0.39 is 0 Å². The van der Waals surface area contributed by atoms with Crippen molar-refractivity contribution in [3.63, 3.8) is 0 Å². The second-order valence-corrected chi connectivity index (χ2v) is 6.12. The van der Waals surface area contributed by atoms with Gasteiger partial charge in [0.25, 0.3) is 0 Å². The van der Waals surface area contributed by atoms with E-state index in [0.29, 0.717) is 18.5 Å². The molecule has 3 heteroatoms. The fourth-order valence-corrected chi connectivity index (χ4v) is 3.55. The lowest BCUT2D eigenvalue weighted by Gasteiger charge is -2.38. The van der Waals surface area contributed by atoms with Crippen LogP contribution in [0.15, 0.2) is 0 Å². The van der Waals surface area contributed by atoms with Gasteiger partial charge in [-0.1, -0.05) is 19.3 Å². The zero-order chi connectivity index (χ0) is 13.0. The molecule has 0 radical (unpaired) electrons. The Labute approximate surface area is 112 Å². The first-order valence-electron chi connectivity index (χ1n) is 7.55. The van der Waals surface area contributed by atoms with E-state index in [4.69, 9.17) is 5.26 Å². The van der Waals surface area contributed by atoms with Crippen LogP contribution in [0.2, 0.25) is 0 Å². The van der Waals surface area contributed by atoms with Crippen LogP contribution in [-0.2, 0) is 0 Å². The number of likely N-dealkylation sites (N-methyl/N-ethyl adjacent to an activating group) is 1. The SMILES string of the molecule is CC1CCN(C)C(CC#N)CN1C1CCCCC1. The Morgan fingerprint density at radius 3 is 2.56 bits per heavy atom. The van der Waals surface area contributed by atoms with Crippen molar-refractivity contribution in [2.75, 3.05) is 20.1 Å². The van der Waals surface area contributed by atoms with Crippen molar-refractivity contribution < 1.29 is 0 Å². The summed E-state index contributed by atoms with van der Waals surface area (Å²) in [5, 5.41) is 9.00. The topological polar surface area (TPSA) is 30.3 Å². The first-order valence-corrected chi connectivity index (χ1v) is 7.55. The van der Waals surface area contributed by atoms with Crippen LogP contribution >= 0.6 is 0 Å². The summed E-state index contributed by atoms with van der Waals surface area (Å²) >= 11 is 0. The molecule has 0 spiro atoms. The molecule has 0 bridgehead atoms. The van der Waals surface area contributed by atoms with Gasteiger partial charge in [-0.05, 0) is 39.8 Å². The molecule has 18 heavy (non-hydrogen) atoms. The van der Waals surface area contributed by atoms with Gasteiger partial charge in [-0.15, -0.1) is 0 Å². The Morgan fingerprint density at radius 2 is 1.89 bits per heavy atom. The highest BCUT2D eigenvalue weighted by atomic mass is 15.3. The Kier molecular flexibility index (Phi) is 5.03. The van der Waals surface area contributed by atoms with E-state index in [1.807, 2.05) is 0 Å². The standard InChI is InChI=1S/C15H27N3/c1-13-9-11-17(2)15(8-10-16)12-18(13)14-6-4-3-5-7-14/h13-15H,3-9,11-12H2,1-2H3. The van der Waals surface area contributed by atoms with Crippen LogP contribution in [-0.4, -0.2) is 48.1 Å². The van der Waals surface area contributed by atoms with Gasteiger partial charge in [0.15, 0.2) is 0 Å². The zero-order valence-corrected chi connectivity index (χ0v) is 11.9. The van der Waals surface area contributed by atoms with Gasteiger partial charge in [0.2, 0.25) is 0 Å². The third kappa shape index (κ3) is 3.24. The number of hydrogen-bond donors (Lipinski definition) is 0. The maximum Gasteiger partial charge on any atom is 0.0638 e. The van der Waals surface area contributed by atoms with Gasteiger partial charge in [0, 0.05) is 24.7 Å². The average molecular weight is 249 g/mol. The fraction of sp³-hybridized carbons (Fsp3) is 0.933. The molecule has 1 heterocycles. The van der Waals surface area contributed by atoms with Crippen molar-refractivity contribution in [2.24, 2.45) is 0 Å². The average Bonchev–Trinajstić information content (AvgIpc) is 2.53. The molecular formula is C15H27N3. The zero-order valence-electron chi connectivity index (χ0n) is 11.9. The minimum absolute atomic E-state index is 0.432. The van der Waals surface area contributed by atoms with Crippen molar-refractivity contribution in [1.29, 1.82) is 5.26 Å². The number of nitriles is 1. The second kappa shape index (κ2) is 6.54. The lowest BCUT2D eigenvalue weighted by Crippen LogP contribution is -2.46. The molecular weight excluding hydrogens is 222 g/mol. The van der Waals surface area contributed by atoms with Gasteiger partial charge in [0.1, 0.15) is 0 Å². The van der Waals surface area contributed by atoms with Gasteiger partial charge in [0.05, 0.1) is 12.5 Å². The smallest absolute Gasteiger partial charge is 0.0638 e. The molecule has 0 aromatic heterocycles. The molecule has 2 aliphatic rings. The predicted molar refractivity (Wildman–Crippen MR) is 74.3 cm³/mol. The Balaban J connectivity index is 2.03. The molecule has 2 rings (SSSR count). The Hall–Kier alpha value is -0.590. The van der Waals surface area contributed by atoms with Crippen molar-refractivity contribution in [3.8, 4) is 6.07 Å². The molecule has 2 unspecified atom stereocenters. The predicted octanol–water partition coefficient (Wildman–Crippen LogP) is 2.63. The van der Waals surface area contributed by atoms with Crippen LogP contribution in [0, 0.1) is 11.3 Å². The highest BCUT2D eigenvalue weighted by Crippen LogP contribution is 2.27. The third-order valence-electron chi connectivity index (χ3n) is 4.88. The van der Waals surface area contributed by atoms with Crippen molar-refractivity contribution >= 4 is 0 Å². The van der Waals surface area contributed by atoms with Crippen molar-refractivity contribution in [3.05, 3.63) is 0 Å². The fourth-order valence-electron chi connectivity index (χ4n) is 3.55. The summed E-state index contributed by atoms with van der Waals surface area (Å²) < 4.78 is 0. The molecule has 0 N–H and O–H groups in total. The van der Waals surface area contributed by atoms with Crippen LogP contribution < -0.4 is 0 Å². The maximum atomic E-state index is 9.00. The summed E-state index contributed by atoms with van der Waals surface area (Å²) in [6.45, 7) is 4.60. The summed E-state index contributed by atoms with van der Waals surface area (Å²) in [5.74, 6) is 0. The first-order chi connectivity index (χ1) is 8.72. The largest absolute Gasteiger partial charge is 0.301 e. The van der Waals surface area contributed by atoms with Crippen LogP contribution in [0.25, 0.3) is 0 Å². The number of nitrogens with zero attached hydrogens (tertiary/aromatic N) is 3. The summed E-state index contributed by atoms with van der Waals surface area (Å²) in [6, 6.07) is 4.26. The highest BCUT2D eigenvalue weighted by molar-refractivity contribution is 4.91. The van der Waals surface area contributed by atoms with Crippen LogP contribution in [0.5, 0.6) is 0 Å². The van der Waals surface area contributed by atoms with Gasteiger partial charge in [-0.2, -0.15) is 5.26 Å². The molecule has 0 aromatic rings. The van der Waals surface area contributed by atoms with E-state index in [1.54, 1.807) is 0 Å². The van der Waals surface area contributed by atoms with Crippen LogP contribution in [0.3, 0.4) is 0 Å². The van der Waals surface area contributed by atoms with E-state index in [1.165, 1.54) is 38.5 Å². The summed E-state index contributed by atoms with van der Waals surface area (Å²) in [4.78, 5) is 5.10. The molecule has 3 nitrogen and oxygen atoms in total. The lowest BCUT2D eigenvalue weighted by molar-refractivity contribution is 0.102. The molecule has 102 valence electrons. The molecule has 1 aliphatic carbocycles. The number of hydrogen-bond acceptors (Lipinski definition) is 3. The van der Waals surface area contributed by atoms with Crippen LogP contribution in [0.1, 0.15) is 51.9 Å². The van der Waals surface area contributed by atoms with Gasteiger partial charge in [-0.3, -0.25) is 4.90 Å². The van der Waals surface area contributed by atoms with Gasteiger partial charge < -0.3 is 4.90 Å². The Morgan fingerprint density at radius 1 is 1.17 bits per heavy atom. The molecule has 1 aliphatic heterocycles. The second-order valence-electron chi connectivity index (χ2n) is 6.12. The minimum Gasteiger partial charge on any atom is -0.301 e. The van der Waals surface area contributed by atoms with Crippen molar-refractivity contribution in [1.82, 2.24) is 9.80 Å². The maximum absolute atomic E-state index is 9.00. The van der Waals surface area contributed by atoms with E-state index >= 15 is 0 Å². The number of rotatable bonds is 2.